The second-order valence-corrected chi connectivity index (χ2v) is 8.29. The molecule has 27 heavy (non-hydrogen) atoms. The third-order valence-corrected chi connectivity index (χ3v) is 6.70. The summed E-state index contributed by atoms with van der Waals surface area (Å²) in [7, 11) is 0. The summed E-state index contributed by atoms with van der Waals surface area (Å²) < 4.78 is 5.94. The molecule has 0 amide bonds. The smallest absolute Gasteiger partial charge is 0.119 e. The fraction of sp³-hybridized carbons (Fsp3) is 0.520. The van der Waals surface area contributed by atoms with E-state index in [4.69, 9.17) is 4.74 Å². The van der Waals surface area contributed by atoms with Crippen LogP contribution in [0.4, 0.5) is 0 Å². The quantitative estimate of drug-likeness (QED) is 0.575. The second-order valence-electron chi connectivity index (χ2n) is 8.29. The molecule has 0 spiro atoms. The van der Waals surface area contributed by atoms with Crippen LogP contribution in [0.3, 0.4) is 0 Å². The molecule has 4 rings (SSSR count). The van der Waals surface area contributed by atoms with Gasteiger partial charge in [-0.15, -0.1) is 0 Å². The average molecular weight is 364 g/mol. The highest BCUT2D eigenvalue weighted by Gasteiger charge is 2.45. The summed E-state index contributed by atoms with van der Waals surface area (Å²) in [6.45, 7) is 3.22. The summed E-state index contributed by atoms with van der Waals surface area (Å²) >= 11 is 0. The largest absolute Gasteiger partial charge is 0.494 e. The molecule has 2 aromatic carbocycles. The van der Waals surface area contributed by atoms with E-state index >= 15 is 0 Å². The number of piperidine rings is 1. The fourth-order valence-electron chi connectivity index (χ4n) is 5.45. The van der Waals surface area contributed by atoms with Crippen LogP contribution in [0.15, 0.2) is 60.7 Å². The minimum Gasteiger partial charge on any atom is -0.494 e. The van der Waals surface area contributed by atoms with Crippen LogP contribution in [0, 0.1) is 0 Å². The van der Waals surface area contributed by atoms with Gasteiger partial charge in [-0.2, -0.15) is 0 Å². The average Bonchev–Trinajstić information content (AvgIpc) is 3.24. The van der Waals surface area contributed by atoms with Gasteiger partial charge in [0.05, 0.1) is 6.61 Å². The standard InChI is InChI=1S/C25H33NO/c1-3-12-22(13-4-1)25(17-8-9-18-25)24-16-7-10-19-26(24)20-11-21-27-23-14-5-2-6-15-23/h1-6,12-15,24H,7-11,16-21H2/t24-/m1/s1. The molecule has 1 saturated carbocycles. The summed E-state index contributed by atoms with van der Waals surface area (Å²) in [5.41, 5.74) is 1.96. The number of nitrogens with zero attached hydrogens (tertiary/aromatic N) is 1. The fourth-order valence-corrected chi connectivity index (χ4v) is 5.45. The van der Waals surface area contributed by atoms with Gasteiger partial charge in [0.25, 0.3) is 0 Å². The Labute approximate surface area is 164 Å². The van der Waals surface area contributed by atoms with Gasteiger partial charge in [0.2, 0.25) is 0 Å². The SMILES string of the molecule is c1ccc(OCCCN2CCCC[C@@H]2C2(c3ccccc3)CCCC2)cc1. The summed E-state index contributed by atoms with van der Waals surface area (Å²) in [6, 6.07) is 22.3. The first-order chi connectivity index (χ1) is 13.4. The molecule has 2 fully saturated rings. The topological polar surface area (TPSA) is 12.5 Å². The number of para-hydroxylation sites is 1. The van der Waals surface area contributed by atoms with E-state index in [0.717, 1.165) is 25.3 Å². The highest BCUT2D eigenvalue weighted by Crippen LogP contribution is 2.48. The molecule has 1 aliphatic carbocycles. The van der Waals surface area contributed by atoms with E-state index in [2.05, 4.69) is 35.2 Å². The van der Waals surface area contributed by atoms with Crippen molar-refractivity contribution in [1.82, 2.24) is 4.90 Å². The Hall–Kier alpha value is -1.80. The molecule has 0 unspecified atom stereocenters. The molecule has 1 heterocycles. The van der Waals surface area contributed by atoms with Crippen LogP contribution in [-0.4, -0.2) is 30.6 Å². The normalized spacial score (nSPS) is 22.6. The number of hydrogen-bond donors (Lipinski definition) is 0. The number of ether oxygens (including phenoxy) is 1. The van der Waals surface area contributed by atoms with E-state index in [9.17, 15) is 0 Å². The van der Waals surface area contributed by atoms with Crippen LogP contribution in [0.1, 0.15) is 56.9 Å². The van der Waals surface area contributed by atoms with Gasteiger partial charge in [-0.25, -0.2) is 0 Å². The zero-order valence-corrected chi connectivity index (χ0v) is 16.5. The van der Waals surface area contributed by atoms with E-state index in [1.165, 1.54) is 51.5 Å². The van der Waals surface area contributed by atoms with Crippen molar-refractivity contribution in [3.8, 4) is 5.75 Å². The molecule has 2 aliphatic rings. The third-order valence-electron chi connectivity index (χ3n) is 6.70. The van der Waals surface area contributed by atoms with Crippen LogP contribution in [0.25, 0.3) is 0 Å². The lowest BCUT2D eigenvalue weighted by atomic mass is 9.69. The maximum atomic E-state index is 5.94. The van der Waals surface area contributed by atoms with Crippen LogP contribution in [-0.2, 0) is 5.41 Å². The first-order valence-corrected chi connectivity index (χ1v) is 10.9. The Balaban J connectivity index is 1.42. The molecule has 0 radical (unpaired) electrons. The van der Waals surface area contributed by atoms with Gasteiger partial charge < -0.3 is 4.74 Å². The predicted molar refractivity (Wildman–Crippen MR) is 112 cm³/mol. The summed E-state index contributed by atoms with van der Waals surface area (Å²) in [5.74, 6) is 0.990. The molecule has 0 bridgehead atoms. The minimum absolute atomic E-state index is 0.377. The lowest BCUT2D eigenvalue weighted by Crippen LogP contribution is -2.52. The lowest BCUT2D eigenvalue weighted by molar-refractivity contribution is 0.0740. The molecule has 1 saturated heterocycles. The van der Waals surface area contributed by atoms with E-state index < -0.39 is 0 Å². The lowest BCUT2D eigenvalue weighted by Gasteiger charge is -2.47. The molecule has 1 atom stereocenters. The van der Waals surface area contributed by atoms with Gasteiger partial charge in [0.1, 0.15) is 5.75 Å². The molecule has 0 aromatic heterocycles. The molecule has 2 aromatic rings. The van der Waals surface area contributed by atoms with Gasteiger partial charge in [-0.3, -0.25) is 4.90 Å². The Kier molecular flexibility index (Phi) is 6.14. The number of likely N-dealkylation sites (tertiary alicyclic amines) is 1. The van der Waals surface area contributed by atoms with Crippen molar-refractivity contribution < 1.29 is 4.74 Å². The summed E-state index contributed by atoms with van der Waals surface area (Å²) in [6.07, 6.45) is 10.7. The maximum Gasteiger partial charge on any atom is 0.119 e. The van der Waals surface area contributed by atoms with E-state index in [-0.39, 0.29) is 0 Å². The van der Waals surface area contributed by atoms with Crippen LogP contribution < -0.4 is 4.74 Å². The van der Waals surface area contributed by atoms with Crippen molar-refractivity contribution >= 4 is 0 Å². The first kappa shape index (κ1) is 18.6. The van der Waals surface area contributed by atoms with Gasteiger partial charge in [-0.05, 0) is 56.3 Å². The molecular weight excluding hydrogens is 330 g/mol. The van der Waals surface area contributed by atoms with Crippen molar-refractivity contribution in [3.63, 3.8) is 0 Å². The van der Waals surface area contributed by atoms with Gasteiger partial charge in [-0.1, -0.05) is 67.8 Å². The van der Waals surface area contributed by atoms with Gasteiger partial charge in [0.15, 0.2) is 0 Å². The number of benzene rings is 2. The monoisotopic (exact) mass is 363 g/mol. The number of hydrogen-bond acceptors (Lipinski definition) is 2. The minimum atomic E-state index is 0.377. The Morgan fingerprint density at radius 2 is 1.56 bits per heavy atom. The van der Waals surface area contributed by atoms with Crippen LogP contribution in [0.5, 0.6) is 5.75 Å². The van der Waals surface area contributed by atoms with Crippen LogP contribution >= 0.6 is 0 Å². The molecule has 144 valence electrons. The van der Waals surface area contributed by atoms with E-state index in [0.29, 0.717) is 11.5 Å². The molecule has 2 heteroatoms. The van der Waals surface area contributed by atoms with Crippen molar-refractivity contribution in [2.24, 2.45) is 0 Å². The van der Waals surface area contributed by atoms with Crippen molar-refractivity contribution in [2.75, 3.05) is 19.7 Å². The number of rotatable bonds is 7. The Morgan fingerprint density at radius 3 is 2.30 bits per heavy atom. The summed E-state index contributed by atoms with van der Waals surface area (Å²) in [5, 5.41) is 0. The van der Waals surface area contributed by atoms with E-state index in [1.54, 1.807) is 5.56 Å². The predicted octanol–water partition coefficient (Wildman–Crippen LogP) is 5.82. The van der Waals surface area contributed by atoms with Crippen molar-refractivity contribution in [3.05, 3.63) is 66.2 Å². The third kappa shape index (κ3) is 4.21. The molecular formula is C25H33NO. The van der Waals surface area contributed by atoms with Gasteiger partial charge >= 0.3 is 0 Å². The first-order valence-electron chi connectivity index (χ1n) is 10.9. The zero-order valence-electron chi connectivity index (χ0n) is 16.5. The van der Waals surface area contributed by atoms with Gasteiger partial charge in [0, 0.05) is 18.0 Å². The zero-order chi connectivity index (χ0) is 18.4. The molecule has 1 aliphatic heterocycles. The Morgan fingerprint density at radius 1 is 0.852 bits per heavy atom. The van der Waals surface area contributed by atoms with Crippen molar-refractivity contribution in [2.45, 2.75) is 62.8 Å². The highest BCUT2D eigenvalue weighted by molar-refractivity contribution is 5.29. The second kappa shape index (κ2) is 8.93. The highest BCUT2D eigenvalue weighted by atomic mass is 16.5. The van der Waals surface area contributed by atoms with Crippen LogP contribution in [0.2, 0.25) is 0 Å². The van der Waals surface area contributed by atoms with Crippen molar-refractivity contribution in [1.29, 1.82) is 0 Å². The maximum absolute atomic E-state index is 5.94. The Bertz CT molecular complexity index is 678. The summed E-state index contributed by atoms with van der Waals surface area (Å²) in [4.78, 5) is 2.80. The molecule has 0 N–H and O–H groups in total. The van der Waals surface area contributed by atoms with E-state index in [1.807, 2.05) is 30.3 Å². The molecule has 2 nitrogen and oxygen atoms in total.